The van der Waals surface area contributed by atoms with E-state index < -0.39 is 0 Å². The summed E-state index contributed by atoms with van der Waals surface area (Å²) < 4.78 is 5.46. The van der Waals surface area contributed by atoms with E-state index >= 15 is 0 Å². The minimum atomic E-state index is 0.0811. The van der Waals surface area contributed by atoms with Crippen LogP contribution < -0.4 is 10.6 Å². The van der Waals surface area contributed by atoms with Crippen LogP contribution in [0.15, 0.2) is 0 Å². The molecular formula is C13H22N2O2. The SMILES string of the molecule is CC1CC(C(=O)NC2CC3CCC(C2)N3)CO1. The molecule has 4 nitrogen and oxygen atoms in total. The number of hydrogen-bond donors (Lipinski definition) is 2. The van der Waals surface area contributed by atoms with Crippen molar-refractivity contribution in [3.8, 4) is 0 Å². The molecular weight excluding hydrogens is 216 g/mol. The van der Waals surface area contributed by atoms with E-state index in [9.17, 15) is 4.79 Å². The number of rotatable bonds is 2. The van der Waals surface area contributed by atoms with E-state index in [-0.39, 0.29) is 17.9 Å². The number of fused-ring (bicyclic) bond motifs is 2. The van der Waals surface area contributed by atoms with Gasteiger partial charge >= 0.3 is 0 Å². The maximum Gasteiger partial charge on any atom is 0.225 e. The fourth-order valence-electron chi connectivity index (χ4n) is 3.49. The van der Waals surface area contributed by atoms with Crippen LogP contribution in [0.5, 0.6) is 0 Å². The second-order valence-corrected chi connectivity index (χ2v) is 5.89. The van der Waals surface area contributed by atoms with Gasteiger partial charge in [-0.15, -0.1) is 0 Å². The standard InChI is InChI=1S/C13H22N2O2/c1-8-4-9(7-17-8)13(16)15-12-5-10-2-3-11(6-12)14-10/h8-12,14H,2-7H2,1H3,(H,15,16). The molecule has 4 atom stereocenters. The van der Waals surface area contributed by atoms with Crippen LogP contribution in [0.1, 0.15) is 39.0 Å². The number of piperidine rings is 1. The van der Waals surface area contributed by atoms with Crippen molar-refractivity contribution in [2.24, 2.45) is 5.92 Å². The number of nitrogens with one attached hydrogen (secondary N) is 2. The molecule has 3 aliphatic rings. The van der Waals surface area contributed by atoms with E-state index in [1.807, 2.05) is 6.92 Å². The first-order valence-corrected chi connectivity index (χ1v) is 6.88. The Morgan fingerprint density at radius 1 is 1.24 bits per heavy atom. The molecule has 3 aliphatic heterocycles. The first-order valence-electron chi connectivity index (χ1n) is 6.88. The van der Waals surface area contributed by atoms with Crippen molar-refractivity contribution in [2.45, 2.75) is 63.3 Å². The summed E-state index contributed by atoms with van der Waals surface area (Å²) in [5.41, 5.74) is 0. The van der Waals surface area contributed by atoms with Gasteiger partial charge in [0.05, 0.1) is 18.6 Å². The first-order chi connectivity index (χ1) is 8.20. The lowest BCUT2D eigenvalue weighted by Crippen LogP contribution is -2.49. The molecule has 2 N–H and O–H groups in total. The molecule has 4 heteroatoms. The number of carbonyl (C=O) groups is 1. The van der Waals surface area contributed by atoms with E-state index in [0.29, 0.717) is 24.7 Å². The molecule has 0 saturated carbocycles. The van der Waals surface area contributed by atoms with Gasteiger partial charge in [0.25, 0.3) is 0 Å². The van der Waals surface area contributed by atoms with Gasteiger partial charge < -0.3 is 15.4 Å². The Labute approximate surface area is 102 Å². The summed E-state index contributed by atoms with van der Waals surface area (Å²) in [6.07, 6.45) is 5.89. The smallest absolute Gasteiger partial charge is 0.225 e. The zero-order valence-corrected chi connectivity index (χ0v) is 10.4. The van der Waals surface area contributed by atoms with Gasteiger partial charge in [0.15, 0.2) is 0 Å². The van der Waals surface area contributed by atoms with Crippen LogP contribution >= 0.6 is 0 Å². The van der Waals surface area contributed by atoms with Crippen molar-refractivity contribution in [3.05, 3.63) is 0 Å². The number of hydrogen-bond acceptors (Lipinski definition) is 3. The highest BCUT2D eigenvalue weighted by atomic mass is 16.5. The molecule has 0 aromatic heterocycles. The summed E-state index contributed by atoms with van der Waals surface area (Å²) >= 11 is 0. The lowest BCUT2D eigenvalue weighted by atomic mass is 9.98. The zero-order chi connectivity index (χ0) is 11.8. The highest BCUT2D eigenvalue weighted by Crippen LogP contribution is 2.27. The van der Waals surface area contributed by atoms with E-state index in [0.717, 1.165) is 19.3 Å². The van der Waals surface area contributed by atoms with Crippen LogP contribution in [-0.2, 0) is 9.53 Å². The normalized spacial score (nSPS) is 44.9. The van der Waals surface area contributed by atoms with Crippen LogP contribution in [0.25, 0.3) is 0 Å². The largest absolute Gasteiger partial charge is 0.378 e. The average molecular weight is 238 g/mol. The van der Waals surface area contributed by atoms with Crippen molar-refractivity contribution in [1.82, 2.24) is 10.6 Å². The highest BCUT2D eigenvalue weighted by molar-refractivity contribution is 5.79. The molecule has 4 unspecified atom stereocenters. The third-order valence-electron chi connectivity index (χ3n) is 4.39. The molecule has 3 heterocycles. The average Bonchev–Trinajstić information content (AvgIpc) is 2.85. The summed E-state index contributed by atoms with van der Waals surface area (Å²) in [6, 6.07) is 1.66. The fourth-order valence-corrected chi connectivity index (χ4v) is 3.49. The molecule has 17 heavy (non-hydrogen) atoms. The van der Waals surface area contributed by atoms with Crippen molar-refractivity contribution in [1.29, 1.82) is 0 Å². The van der Waals surface area contributed by atoms with Gasteiger partial charge in [-0.25, -0.2) is 0 Å². The van der Waals surface area contributed by atoms with Crippen molar-refractivity contribution < 1.29 is 9.53 Å². The Balaban J connectivity index is 1.51. The van der Waals surface area contributed by atoms with Gasteiger partial charge in [0, 0.05) is 18.1 Å². The molecule has 0 aliphatic carbocycles. The minimum absolute atomic E-state index is 0.0811. The number of ether oxygens (including phenoxy) is 1. The molecule has 1 amide bonds. The topological polar surface area (TPSA) is 50.4 Å². The fraction of sp³-hybridized carbons (Fsp3) is 0.923. The lowest BCUT2D eigenvalue weighted by molar-refractivity contribution is -0.125. The van der Waals surface area contributed by atoms with Crippen LogP contribution in [0, 0.1) is 5.92 Å². The first kappa shape index (κ1) is 11.5. The molecule has 2 bridgehead atoms. The van der Waals surface area contributed by atoms with Gasteiger partial charge in [-0.3, -0.25) is 4.79 Å². The minimum Gasteiger partial charge on any atom is -0.378 e. The van der Waals surface area contributed by atoms with Crippen LogP contribution in [-0.4, -0.2) is 36.7 Å². The highest BCUT2D eigenvalue weighted by Gasteiger charge is 2.36. The molecule has 3 rings (SSSR count). The van der Waals surface area contributed by atoms with E-state index in [1.165, 1.54) is 12.8 Å². The summed E-state index contributed by atoms with van der Waals surface area (Å²) in [5.74, 6) is 0.290. The Morgan fingerprint density at radius 3 is 2.53 bits per heavy atom. The molecule has 0 radical (unpaired) electrons. The van der Waals surface area contributed by atoms with Crippen LogP contribution in [0.2, 0.25) is 0 Å². The second kappa shape index (κ2) is 4.58. The maximum absolute atomic E-state index is 12.1. The monoisotopic (exact) mass is 238 g/mol. The Kier molecular flexibility index (Phi) is 3.09. The third-order valence-corrected chi connectivity index (χ3v) is 4.39. The van der Waals surface area contributed by atoms with E-state index in [2.05, 4.69) is 10.6 Å². The predicted octanol–water partition coefficient (Wildman–Crippen LogP) is 0.811. The van der Waals surface area contributed by atoms with Crippen molar-refractivity contribution >= 4 is 5.91 Å². The Bertz CT molecular complexity index is 296. The van der Waals surface area contributed by atoms with Crippen molar-refractivity contribution in [2.75, 3.05) is 6.61 Å². The van der Waals surface area contributed by atoms with Crippen LogP contribution in [0.3, 0.4) is 0 Å². The number of amides is 1. The third kappa shape index (κ3) is 2.47. The zero-order valence-electron chi connectivity index (χ0n) is 10.4. The van der Waals surface area contributed by atoms with E-state index in [1.54, 1.807) is 0 Å². The second-order valence-electron chi connectivity index (χ2n) is 5.89. The maximum atomic E-state index is 12.1. The Morgan fingerprint density at radius 2 is 1.94 bits per heavy atom. The van der Waals surface area contributed by atoms with E-state index in [4.69, 9.17) is 4.74 Å². The van der Waals surface area contributed by atoms with Crippen LogP contribution in [0.4, 0.5) is 0 Å². The summed E-state index contributed by atoms with van der Waals surface area (Å²) in [4.78, 5) is 12.1. The van der Waals surface area contributed by atoms with Gasteiger partial charge in [-0.2, -0.15) is 0 Å². The lowest BCUT2D eigenvalue weighted by Gasteiger charge is -2.30. The van der Waals surface area contributed by atoms with Gasteiger partial charge in [0.2, 0.25) is 5.91 Å². The molecule has 3 fully saturated rings. The summed E-state index contributed by atoms with van der Waals surface area (Å²) in [5, 5.41) is 6.82. The predicted molar refractivity (Wildman–Crippen MR) is 64.6 cm³/mol. The molecule has 0 aromatic rings. The molecule has 0 spiro atoms. The Hall–Kier alpha value is -0.610. The van der Waals surface area contributed by atoms with Gasteiger partial charge in [0.1, 0.15) is 0 Å². The van der Waals surface area contributed by atoms with Gasteiger partial charge in [-0.1, -0.05) is 0 Å². The van der Waals surface area contributed by atoms with Crippen molar-refractivity contribution in [3.63, 3.8) is 0 Å². The molecule has 96 valence electrons. The molecule has 0 aromatic carbocycles. The summed E-state index contributed by atoms with van der Waals surface area (Å²) in [7, 11) is 0. The number of carbonyl (C=O) groups excluding carboxylic acids is 1. The quantitative estimate of drug-likeness (QED) is 0.748. The molecule has 3 saturated heterocycles. The van der Waals surface area contributed by atoms with Gasteiger partial charge in [-0.05, 0) is 39.0 Å². The summed E-state index contributed by atoms with van der Waals surface area (Å²) in [6.45, 7) is 2.64.